The monoisotopic (exact) mass is 302 g/mol. The van der Waals surface area contributed by atoms with E-state index >= 15 is 0 Å². The zero-order valence-corrected chi connectivity index (χ0v) is 11.0. The third kappa shape index (κ3) is 3.01. The number of carboxylic acid groups (broad SMARTS) is 2. The molecule has 2 aromatic carbocycles. The van der Waals surface area contributed by atoms with Gasteiger partial charge in [-0.1, -0.05) is 12.1 Å². The molecule has 22 heavy (non-hydrogen) atoms. The molecule has 112 valence electrons. The fourth-order valence-electron chi connectivity index (χ4n) is 1.67. The summed E-state index contributed by atoms with van der Waals surface area (Å²) in [6.07, 6.45) is 0. The molecule has 0 aromatic heterocycles. The summed E-state index contributed by atoms with van der Waals surface area (Å²) in [6.45, 7) is 0. The van der Waals surface area contributed by atoms with Gasteiger partial charge in [0.05, 0.1) is 5.56 Å². The van der Waals surface area contributed by atoms with Gasteiger partial charge in [0.15, 0.2) is 0 Å². The SMILES string of the molecule is O=C(O)c1cc(N=Nc2ccccc2C(=O)O)c(O)cc1O. The number of benzene rings is 2. The molecule has 0 saturated heterocycles. The number of azo groups is 1. The fourth-order valence-corrected chi connectivity index (χ4v) is 1.67. The van der Waals surface area contributed by atoms with Crippen LogP contribution in [0.25, 0.3) is 0 Å². The van der Waals surface area contributed by atoms with Crippen LogP contribution in [0.5, 0.6) is 11.5 Å². The van der Waals surface area contributed by atoms with E-state index in [-0.39, 0.29) is 16.9 Å². The Kier molecular flexibility index (Phi) is 4.03. The Hall–Kier alpha value is -3.42. The lowest BCUT2D eigenvalue weighted by atomic mass is 10.1. The first-order chi connectivity index (χ1) is 10.4. The van der Waals surface area contributed by atoms with Crippen molar-refractivity contribution in [2.24, 2.45) is 10.2 Å². The van der Waals surface area contributed by atoms with Gasteiger partial charge in [-0.25, -0.2) is 9.59 Å². The highest BCUT2D eigenvalue weighted by atomic mass is 16.4. The van der Waals surface area contributed by atoms with Crippen LogP contribution in [0.3, 0.4) is 0 Å². The Balaban J connectivity index is 2.45. The summed E-state index contributed by atoms with van der Waals surface area (Å²) in [7, 11) is 0. The fraction of sp³-hybridized carbons (Fsp3) is 0. The standard InChI is InChI=1S/C14H10N2O6/c17-11-6-12(18)10(5-8(11)14(21)22)16-15-9-4-2-1-3-7(9)13(19)20/h1-6,17-18H,(H,19,20)(H,21,22). The van der Waals surface area contributed by atoms with E-state index in [0.29, 0.717) is 0 Å². The highest BCUT2D eigenvalue weighted by molar-refractivity contribution is 5.93. The maximum atomic E-state index is 11.0. The van der Waals surface area contributed by atoms with Crippen LogP contribution < -0.4 is 0 Å². The Morgan fingerprint density at radius 3 is 2.00 bits per heavy atom. The number of phenols is 2. The van der Waals surface area contributed by atoms with Gasteiger partial charge in [0.2, 0.25) is 0 Å². The number of hydrogen-bond acceptors (Lipinski definition) is 6. The van der Waals surface area contributed by atoms with Crippen LogP contribution >= 0.6 is 0 Å². The van der Waals surface area contributed by atoms with E-state index < -0.39 is 29.0 Å². The normalized spacial score (nSPS) is 10.7. The van der Waals surface area contributed by atoms with E-state index in [1.54, 1.807) is 6.07 Å². The van der Waals surface area contributed by atoms with E-state index in [2.05, 4.69) is 10.2 Å². The van der Waals surface area contributed by atoms with Crippen LogP contribution in [0.15, 0.2) is 46.6 Å². The molecule has 0 aliphatic rings. The predicted molar refractivity (Wildman–Crippen MR) is 74.3 cm³/mol. The average molecular weight is 302 g/mol. The Labute approximate surface area is 123 Å². The highest BCUT2D eigenvalue weighted by Gasteiger charge is 2.14. The van der Waals surface area contributed by atoms with Crippen LogP contribution in [0.2, 0.25) is 0 Å². The largest absolute Gasteiger partial charge is 0.507 e. The summed E-state index contributed by atoms with van der Waals surface area (Å²) >= 11 is 0. The molecule has 2 aromatic rings. The summed E-state index contributed by atoms with van der Waals surface area (Å²) in [4.78, 5) is 21.9. The Morgan fingerprint density at radius 1 is 0.773 bits per heavy atom. The molecule has 0 heterocycles. The maximum absolute atomic E-state index is 11.0. The van der Waals surface area contributed by atoms with E-state index in [1.165, 1.54) is 18.2 Å². The van der Waals surface area contributed by atoms with Gasteiger partial charge in [-0.3, -0.25) is 0 Å². The van der Waals surface area contributed by atoms with Gasteiger partial charge >= 0.3 is 11.9 Å². The minimum atomic E-state index is -1.40. The van der Waals surface area contributed by atoms with Crippen molar-refractivity contribution in [3.63, 3.8) is 0 Å². The van der Waals surface area contributed by atoms with Crippen molar-refractivity contribution in [1.29, 1.82) is 0 Å². The highest BCUT2D eigenvalue weighted by Crippen LogP contribution is 2.34. The zero-order valence-electron chi connectivity index (χ0n) is 11.0. The molecule has 0 bridgehead atoms. The molecule has 8 heteroatoms. The molecular weight excluding hydrogens is 292 g/mol. The number of phenolic OH excluding ortho intramolecular Hbond substituents is 1. The molecule has 0 amide bonds. The van der Waals surface area contributed by atoms with Gasteiger partial charge in [-0.15, -0.1) is 10.2 Å². The van der Waals surface area contributed by atoms with E-state index in [0.717, 1.165) is 12.1 Å². The van der Waals surface area contributed by atoms with Crippen LogP contribution in [0.4, 0.5) is 11.4 Å². The topological polar surface area (TPSA) is 140 Å². The molecule has 0 aliphatic carbocycles. The molecule has 0 radical (unpaired) electrons. The van der Waals surface area contributed by atoms with Crippen molar-refractivity contribution >= 4 is 23.3 Å². The van der Waals surface area contributed by atoms with Gasteiger partial charge < -0.3 is 20.4 Å². The van der Waals surface area contributed by atoms with Crippen LogP contribution in [-0.2, 0) is 0 Å². The van der Waals surface area contributed by atoms with Crippen molar-refractivity contribution in [3.05, 3.63) is 47.5 Å². The lowest BCUT2D eigenvalue weighted by Gasteiger charge is -2.03. The smallest absolute Gasteiger partial charge is 0.339 e. The zero-order chi connectivity index (χ0) is 16.3. The van der Waals surface area contributed by atoms with Crippen molar-refractivity contribution < 1.29 is 30.0 Å². The molecule has 0 unspecified atom stereocenters. The predicted octanol–water partition coefficient (Wildman–Crippen LogP) is 2.91. The van der Waals surface area contributed by atoms with E-state index in [1.807, 2.05) is 0 Å². The lowest BCUT2D eigenvalue weighted by molar-refractivity contribution is 0.0684. The number of carbonyl (C=O) groups is 2. The summed E-state index contributed by atoms with van der Waals surface area (Å²) in [5.41, 5.74) is -0.726. The van der Waals surface area contributed by atoms with Crippen molar-refractivity contribution in [1.82, 2.24) is 0 Å². The Morgan fingerprint density at radius 2 is 1.36 bits per heavy atom. The summed E-state index contributed by atoms with van der Waals surface area (Å²) in [6, 6.07) is 7.56. The minimum Gasteiger partial charge on any atom is -0.507 e. The second-order valence-electron chi connectivity index (χ2n) is 4.19. The number of aromatic hydroxyl groups is 2. The Bertz CT molecular complexity index is 785. The first kappa shape index (κ1) is 15.0. The molecule has 0 saturated carbocycles. The van der Waals surface area contributed by atoms with Crippen molar-refractivity contribution in [2.45, 2.75) is 0 Å². The van der Waals surface area contributed by atoms with Crippen molar-refractivity contribution in [3.8, 4) is 11.5 Å². The molecule has 0 aliphatic heterocycles. The lowest BCUT2D eigenvalue weighted by Crippen LogP contribution is -1.96. The quantitative estimate of drug-likeness (QED) is 0.640. The first-order valence-electron chi connectivity index (χ1n) is 5.93. The summed E-state index contributed by atoms with van der Waals surface area (Å²) < 4.78 is 0. The molecule has 0 spiro atoms. The minimum absolute atomic E-state index is 0.0411. The number of rotatable bonds is 4. The second kappa shape index (κ2) is 5.92. The molecule has 0 atom stereocenters. The third-order valence-electron chi connectivity index (χ3n) is 2.72. The van der Waals surface area contributed by atoms with Gasteiger partial charge in [-0.2, -0.15) is 0 Å². The summed E-state index contributed by atoms with van der Waals surface area (Å²) in [5, 5.41) is 44.3. The molecule has 0 fully saturated rings. The van der Waals surface area contributed by atoms with Crippen molar-refractivity contribution in [2.75, 3.05) is 0 Å². The molecule has 8 nitrogen and oxygen atoms in total. The van der Waals surface area contributed by atoms with E-state index in [9.17, 15) is 19.8 Å². The summed E-state index contributed by atoms with van der Waals surface area (Å²) in [5.74, 6) is -3.70. The first-order valence-corrected chi connectivity index (χ1v) is 5.93. The van der Waals surface area contributed by atoms with Gasteiger partial charge in [0.1, 0.15) is 28.4 Å². The number of carboxylic acids is 2. The van der Waals surface area contributed by atoms with Crippen LogP contribution in [0.1, 0.15) is 20.7 Å². The van der Waals surface area contributed by atoms with Crippen LogP contribution in [-0.4, -0.2) is 32.4 Å². The third-order valence-corrected chi connectivity index (χ3v) is 2.72. The molecular formula is C14H10N2O6. The molecule has 2 rings (SSSR count). The van der Waals surface area contributed by atoms with Gasteiger partial charge in [-0.05, 0) is 18.2 Å². The number of aromatic carboxylic acids is 2. The molecule has 4 N–H and O–H groups in total. The second-order valence-corrected chi connectivity index (χ2v) is 4.19. The number of hydrogen-bond donors (Lipinski definition) is 4. The van der Waals surface area contributed by atoms with Crippen LogP contribution in [0, 0.1) is 0 Å². The maximum Gasteiger partial charge on any atom is 0.339 e. The number of nitrogens with zero attached hydrogens (tertiary/aromatic N) is 2. The van der Waals surface area contributed by atoms with E-state index in [4.69, 9.17) is 10.2 Å². The van der Waals surface area contributed by atoms with Gasteiger partial charge in [0.25, 0.3) is 0 Å². The van der Waals surface area contributed by atoms with Gasteiger partial charge in [0, 0.05) is 6.07 Å². The average Bonchev–Trinajstić information content (AvgIpc) is 2.46.